The lowest BCUT2D eigenvalue weighted by molar-refractivity contribution is 0.589. The lowest BCUT2D eigenvalue weighted by Gasteiger charge is -2.24. The summed E-state index contributed by atoms with van der Waals surface area (Å²) in [7, 11) is 0. The number of aromatic nitrogens is 2. The first kappa shape index (κ1) is 11.0. The highest BCUT2D eigenvalue weighted by atomic mass is 16.1. The number of hydrogen-bond acceptors (Lipinski definition) is 3. The van der Waals surface area contributed by atoms with E-state index in [1.807, 2.05) is 6.07 Å². The average Bonchev–Trinajstić information content (AvgIpc) is 2.41. The third-order valence-corrected chi connectivity index (χ3v) is 3.55. The van der Waals surface area contributed by atoms with E-state index in [2.05, 4.69) is 28.2 Å². The molecule has 0 aliphatic heterocycles. The molecule has 0 fully saturated rings. The Balaban J connectivity index is 2.08. The fourth-order valence-electron chi connectivity index (χ4n) is 2.63. The highest BCUT2D eigenvalue weighted by Gasteiger charge is 2.23. The zero-order valence-electron chi connectivity index (χ0n) is 10.0. The number of nitrogens with one attached hydrogen (secondary N) is 1. The molecule has 1 unspecified atom stereocenters. The van der Waals surface area contributed by atoms with Gasteiger partial charge in [0.2, 0.25) is 0 Å². The number of nitrogens with two attached hydrogens (primary N) is 1. The molecule has 2 aromatic rings. The Labute approximate surface area is 105 Å². The lowest BCUT2D eigenvalue weighted by Crippen LogP contribution is -2.20. The number of rotatable bonds is 1. The summed E-state index contributed by atoms with van der Waals surface area (Å²) in [5.41, 5.74) is 8.06. The molecular formula is C14H15N3O. The molecular weight excluding hydrogens is 226 g/mol. The van der Waals surface area contributed by atoms with Gasteiger partial charge < -0.3 is 10.7 Å². The number of hydrogen-bond donors (Lipinski definition) is 2. The van der Waals surface area contributed by atoms with Gasteiger partial charge in [0.1, 0.15) is 11.5 Å². The maximum atomic E-state index is 11.6. The van der Waals surface area contributed by atoms with Crippen molar-refractivity contribution in [1.82, 2.24) is 9.97 Å². The van der Waals surface area contributed by atoms with Crippen LogP contribution in [0.25, 0.3) is 0 Å². The topological polar surface area (TPSA) is 71.8 Å². The van der Waals surface area contributed by atoms with Crippen molar-refractivity contribution in [3.05, 3.63) is 57.8 Å². The molecule has 0 radical (unpaired) electrons. The Bertz CT molecular complexity index is 633. The van der Waals surface area contributed by atoms with Gasteiger partial charge in [0, 0.05) is 5.92 Å². The molecule has 0 saturated heterocycles. The van der Waals surface area contributed by atoms with Gasteiger partial charge in [0.05, 0.1) is 6.20 Å². The van der Waals surface area contributed by atoms with Crippen LogP contribution in [0.5, 0.6) is 0 Å². The zero-order chi connectivity index (χ0) is 12.5. The number of benzene rings is 1. The van der Waals surface area contributed by atoms with E-state index in [4.69, 9.17) is 5.73 Å². The van der Waals surface area contributed by atoms with E-state index in [0.717, 1.165) is 25.1 Å². The van der Waals surface area contributed by atoms with Crippen LogP contribution in [0.3, 0.4) is 0 Å². The lowest BCUT2D eigenvalue weighted by atomic mass is 9.82. The fourth-order valence-corrected chi connectivity index (χ4v) is 2.63. The van der Waals surface area contributed by atoms with Gasteiger partial charge in [-0.25, -0.2) is 4.98 Å². The van der Waals surface area contributed by atoms with Crippen molar-refractivity contribution < 1.29 is 0 Å². The third kappa shape index (κ3) is 1.79. The number of H-pyrrole nitrogens is 1. The highest BCUT2D eigenvalue weighted by Crippen LogP contribution is 2.34. The molecule has 18 heavy (non-hydrogen) atoms. The van der Waals surface area contributed by atoms with E-state index in [1.165, 1.54) is 17.3 Å². The van der Waals surface area contributed by atoms with Crippen molar-refractivity contribution >= 4 is 5.69 Å². The molecule has 4 heteroatoms. The number of nitrogen functional groups attached to an aromatic ring is 1. The SMILES string of the molecule is Nc1cnc(C2CCCc3ccccc32)[nH]c1=O. The van der Waals surface area contributed by atoms with E-state index < -0.39 is 0 Å². The van der Waals surface area contributed by atoms with Crippen molar-refractivity contribution in [1.29, 1.82) is 0 Å². The highest BCUT2D eigenvalue weighted by molar-refractivity contribution is 5.37. The second-order valence-electron chi connectivity index (χ2n) is 4.70. The second kappa shape index (κ2) is 4.29. The Kier molecular flexibility index (Phi) is 2.63. The minimum Gasteiger partial charge on any atom is -0.393 e. The van der Waals surface area contributed by atoms with Crippen LogP contribution >= 0.6 is 0 Å². The van der Waals surface area contributed by atoms with E-state index in [1.54, 1.807) is 0 Å². The Morgan fingerprint density at radius 2 is 2.17 bits per heavy atom. The summed E-state index contributed by atoms with van der Waals surface area (Å²) >= 11 is 0. The van der Waals surface area contributed by atoms with Crippen molar-refractivity contribution in [3.63, 3.8) is 0 Å². The Morgan fingerprint density at radius 1 is 1.33 bits per heavy atom. The van der Waals surface area contributed by atoms with Crippen LogP contribution in [0.2, 0.25) is 0 Å². The molecule has 0 saturated carbocycles. The van der Waals surface area contributed by atoms with Gasteiger partial charge in [-0.3, -0.25) is 4.79 Å². The van der Waals surface area contributed by atoms with Gasteiger partial charge in [-0.1, -0.05) is 24.3 Å². The summed E-state index contributed by atoms with van der Waals surface area (Å²) < 4.78 is 0. The van der Waals surface area contributed by atoms with Crippen LogP contribution in [-0.2, 0) is 6.42 Å². The Hall–Kier alpha value is -2.10. The van der Waals surface area contributed by atoms with Crippen LogP contribution in [0.1, 0.15) is 35.7 Å². The van der Waals surface area contributed by atoms with Crippen LogP contribution < -0.4 is 11.3 Å². The minimum atomic E-state index is -0.247. The van der Waals surface area contributed by atoms with E-state index in [0.29, 0.717) is 0 Å². The quantitative estimate of drug-likeness (QED) is 0.800. The number of nitrogens with zero attached hydrogens (tertiary/aromatic N) is 1. The Morgan fingerprint density at radius 3 is 3.00 bits per heavy atom. The summed E-state index contributed by atoms with van der Waals surface area (Å²) in [6.07, 6.45) is 4.69. The van der Waals surface area contributed by atoms with Crippen molar-refractivity contribution in [2.75, 3.05) is 5.73 Å². The standard InChI is InChI=1S/C14H15N3O/c15-12-8-16-13(17-14(12)18)11-7-3-5-9-4-1-2-6-10(9)11/h1-2,4,6,8,11H,3,5,7,15H2,(H,16,17,18). The molecule has 0 bridgehead atoms. The summed E-state index contributed by atoms with van der Waals surface area (Å²) in [5.74, 6) is 0.907. The third-order valence-electron chi connectivity index (χ3n) is 3.55. The minimum absolute atomic E-state index is 0.169. The second-order valence-corrected chi connectivity index (χ2v) is 4.70. The molecule has 1 heterocycles. The van der Waals surface area contributed by atoms with Crippen molar-refractivity contribution in [2.45, 2.75) is 25.2 Å². The molecule has 1 atom stereocenters. The van der Waals surface area contributed by atoms with E-state index >= 15 is 0 Å². The molecule has 0 amide bonds. The monoisotopic (exact) mass is 241 g/mol. The predicted octanol–water partition coefficient (Wildman–Crippen LogP) is 1.82. The van der Waals surface area contributed by atoms with Gasteiger partial charge >= 0.3 is 0 Å². The molecule has 1 aliphatic rings. The average molecular weight is 241 g/mol. The van der Waals surface area contributed by atoms with Gasteiger partial charge in [-0.15, -0.1) is 0 Å². The number of fused-ring (bicyclic) bond motifs is 1. The molecule has 1 aromatic carbocycles. The fraction of sp³-hybridized carbons (Fsp3) is 0.286. The largest absolute Gasteiger partial charge is 0.393 e. The normalized spacial score (nSPS) is 18.3. The molecule has 1 aliphatic carbocycles. The molecule has 0 spiro atoms. The van der Waals surface area contributed by atoms with E-state index in [-0.39, 0.29) is 17.2 Å². The van der Waals surface area contributed by atoms with Gasteiger partial charge in [-0.05, 0) is 30.4 Å². The number of aryl methyl sites for hydroxylation is 1. The molecule has 1 aromatic heterocycles. The summed E-state index contributed by atoms with van der Waals surface area (Å²) in [4.78, 5) is 18.6. The zero-order valence-corrected chi connectivity index (χ0v) is 10.0. The van der Waals surface area contributed by atoms with Crippen molar-refractivity contribution in [3.8, 4) is 0 Å². The van der Waals surface area contributed by atoms with Gasteiger partial charge in [-0.2, -0.15) is 0 Å². The first-order chi connectivity index (χ1) is 8.75. The number of anilines is 1. The molecule has 4 nitrogen and oxygen atoms in total. The first-order valence-electron chi connectivity index (χ1n) is 6.18. The number of aromatic amines is 1. The van der Waals surface area contributed by atoms with Crippen LogP contribution in [0, 0.1) is 0 Å². The van der Waals surface area contributed by atoms with Gasteiger partial charge in [0.25, 0.3) is 5.56 Å². The van der Waals surface area contributed by atoms with Crippen LogP contribution in [0.15, 0.2) is 35.3 Å². The van der Waals surface area contributed by atoms with Gasteiger partial charge in [0.15, 0.2) is 0 Å². The molecule has 3 rings (SSSR count). The smallest absolute Gasteiger partial charge is 0.274 e. The van der Waals surface area contributed by atoms with Crippen molar-refractivity contribution in [2.24, 2.45) is 0 Å². The molecule has 92 valence electrons. The summed E-state index contributed by atoms with van der Waals surface area (Å²) in [6.45, 7) is 0. The summed E-state index contributed by atoms with van der Waals surface area (Å²) in [6, 6.07) is 8.36. The maximum Gasteiger partial charge on any atom is 0.274 e. The summed E-state index contributed by atoms with van der Waals surface area (Å²) in [5, 5.41) is 0. The molecule has 3 N–H and O–H groups in total. The van der Waals surface area contributed by atoms with E-state index in [9.17, 15) is 4.79 Å². The van der Waals surface area contributed by atoms with Crippen LogP contribution in [0.4, 0.5) is 5.69 Å². The maximum absolute atomic E-state index is 11.6. The van der Waals surface area contributed by atoms with Crippen LogP contribution in [-0.4, -0.2) is 9.97 Å². The predicted molar refractivity (Wildman–Crippen MR) is 70.5 cm³/mol. The first-order valence-corrected chi connectivity index (χ1v) is 6.18.